The minimum atomic E-state index is 0.608. The van der Waals surface area contributed by atoms with Crippen LogP contribution in [0.25, 0.3) is 11.4 Å². The highest BCUT2D eigenvalue weighted by Crippen LogP contribution is 2.31. The second-order valence-corrected chi connectivity index (χ2v) is 7.05. The van der Waals surface area contributed by atoms with E-state index in [1.54, 1.807) is 0 Å². The summed E-state index contributed by atoms with van der Waals surface area (Å²) in [7, 11) is 0. The van der Waals surface area contributed by atoms with Gasteiger partial charge in [0.15, 0.2) is 15.3 Å². The molecule has 23 heavy (non-hydrogen) atoms. The number of allylic oxidation sites excluding steroid dienone is 1. The summed E-state index contributed by atoms with van der Waals surface area (Å²) in [6.45, 7) is 6.46. The third-order valence-electron chi connectivity index (χ3n) is 3.06. The lowest BCUT2D eigenvalue weighted by Gasteiger charge is -2.06. The molecule has 2 heterocycles. The standard InChI is InChI=1S/C15H14ClN5S2/c1-3-8-21-13(10-6-5-7-11(16)9-10)18-19-14(21)22-15-17-12(4-2)20-23-15/h3,5-7,9H,1,4,8H2,2H3. The molecule has 0 fully saturated rings. The summed E-state index contributed by atoms with van der Waals surface area (Å²) in [5.74, 6) is 1.61. The Hall–Kier alpha value is -1.70. The molecule has 0 spiro atoms. The molecule has 3 aromatic rings. The van der Waals surface area contributed by atoms with Crippen LogP contribution in [0.4, 0.5) is 0 Å². The molecular formula is C15H14ClN5S2. The first-order chi connectivity index (χ1) is 11.2. The normalized spacial score (nSPS) is 10.9. The quantitative estimate of drug-likeness (QED) is 0.609. The lowest BCUT2D eigenvalue weighted by molar-refractivity contribution is 0.731. The summed E-state index contributed by atoms with van der Waals surface area (Å²) in [6, 6.07) is 7.57. The van der Waals surface area contributed by atoms with Crippen LogP contribution in [-0.2, 0) is 13.0 Å². The van der Waals surface area contributed by atoms with Crippen molar-refractivity contribution in [3.8, 4) is 11.4 Å². The van der Waals surface area contributed by atoms with Gasteiger partial charge in [0.25, 0.3) is 0 Å². The molecule has 0 aliphatic rings. The molecule has 8 heteroatoms. The minimum absolute atomic E-state index is 0.608. The molecule has 0 radical (unpaired) electrons. The van der Waals surface area contributed by atoms with Gasteiger partial charge in [-0.2, -0.15) is 4.37 Å². The topological polar surface area (TPSA) is 56.5 Å². The van der Waals surface area contributed by atoms with E-state index in [0.717, 1.165) is 33.1 Å². The molecule has 118 valence electrons. The van der Waals surface area contributed by atoms with Gasteiger partial charge in [-0.15, -0.1) is 16.8 Å². The van der Waals surface area contributed by atoms with Gasteiger partial charge in [-0.1, -0.05) is 36.7 Å². The fraction of sp³-hybridized carbons (Fsp3) is 0.200. The van der Waals surface area contributed by atoms with Crippen molar-refractivity contribution in [2.45, 2.75) is 29.4 Å². The van der Waals surface area contributed by atoms with Gasteiger partial charge in [0.05, 0.1) is 0 Å². The first-order valence-electron chi connectivity index (χ1n) is 7.01. The highest BCUT2D eigenvalue weighted by molar-refractivity contribution is 8.00. The Morgan fingerprint density at radius 2 is 2.26 bits per heavy atom. The van der Waals surface area contributed by atoms with Crippen molar-refractivity contribution in [3.05, 3.63) is 47.8 Å². The molecule has 5 nitrogen and oxygen atoms in total. The molecule has 0 N–H and O–H groups in total. The van der Waals surface area contributed by atoms with E-state index in [0.29, 0.717) is 11.6 Å². The largest absolute Gasteiger partial charge is 0.298 e. The third kappa shape index (κ3) is 3.63. The van der Waals surface area contributed by atoms with Crippen LogP contribution in [0, 0.1) is 0 Å². The number of aryl methyl sites for hydroxylation is 1. The van der Waals surface area contributed by atoms with Crippen LogP contribution in [0.5, 0.6) is 0 Å². The number of benzene rings is 1. The molecule has 3 rings (SSSR count). The van der Waals surface area contributed by atoms with Crippen molar-refractivity contribution >= 4 is 34.9 Å². The maximum Gasteiger partial charge on any atom is 0.198 e. The Kier molecular flexibility index (Phi) is 5.09. The van der Waals surface area contributed by atoms with Gasteiger partial charge in [0.1, 0.15) is 5.82 Å². The van der Waals surface area contributed by atoms with E-state index in [4.69, 9.17) is 11.6 Å². The Bertz CT molecular complexity index is 827. The lowest BCUT2D eigenvalue weighted by Crippen LogP contribution is -2.00. The molecule has 0 unspecified atom stereocenters. The van der Waals surface area contributed by atoms with Gasteiger partial charge in [0, 0.05) is 23.6 Å². The van der Waals surface area contributed by atoms with Crippen molar-refractivity contribution in [3.63, 3.8) is 0 Å². The number of hydrogen-bond acceptors (Lipinski definition) is 6. The zero-order valence-corrected chi connectivity index (χ0v) is 14.8. The zero-order chi connectivity index (χ0) is 16.2. The van der Waals surface area contributed by atoms with Gasteiger partial charge < -0.3 is 0 Å². The van der Waals surface area contributed by atoms with Crippen LogP contribution >= 0.6 is 34.9 Å². The number of aromatic nitrogens is 5. The monoisotopic (exact) mass is 363 g/mol. The molecule has 0 saturated heterocycles. The molecule has 0 atom stereocenters. The van der Waals surface area contributed by atoms with E-state index < -0.39 is 0 Å². The van der Waals surface area contributed by atoms with Crippen molar-refractivity contribution in [2.75, 3.05) is 0 Å². The highest BCUT2D eigenvalue weighted by Gasteiger charge is 2.16. The number of halogens is 1. The van der Waals surface area contributed by atoms with Gasteiger partial charge >= 0.3 is 0 Å². The van der Waals surface area contributed by atoms with E-state index in [9.17, 15) is 0 Å². The van der Waals surface area contributed by atoms with Gasteiger partial charge in [-0.05, 0) is 35.4 Å². The molecule has 0 aliphatic heterocycles. The van der Waals surface area contributed by atoms with Crippen LogP contribution in [0.15, 0.2) is 46.4 Å². The van der Waals surface area contributed by atoms with Crippen LogP contribution < -0.4 is 0 Å². The highest BCUT2D eigenvalue weighted by atomic mass is 35.5. The van der Waals surface area contributed by atoms with E-state index in [2.05, 4.69) is 26.1 Å². The van der Waals surface area contributed by atoms with Crippen LogP contribution in [0.2, 0.25) is 5.02 Å². The fourth-order valence-electron chi connectivity index (χ4n) is 2.00. The second kappa shape index (κ2) is 7.25. The molecule has 0 aliphatic carbocycles. The summed E-state index contributed by atoms with van der Waals surface area (Å²) in [4.78, 5) is 4.46. The maximum absolute atomic E-state index is 6.08. The van der Waals surface area contributed by atoms with Gasteiger partial charge in [-0.25, -0.2) is 4.98 Å². The average molecular weight is 364 g/mol. The summed E-state index contributed by atoms with van der Waals surface area (Å²) < 4.78 is 7.15. The van der Waals surface area contributed by atoms with Crippen molar-refractivity contribution in [1.29, 1.82) is 0 Å². The fourth-order valence-corrected chi connectivity index (χ4v) is 3.83. The van der Waals surface area contributed by atoms with E-state index in [-0.39, 0.29) is 0 Å². The second-order valence-electron chi connectivity index (χ2n) is 4.65. The summed E-state index contributed by atoms with van der Waals surface area (Å²) in [5, 5.41) is 10.0. The Morgan fingerprint density at radius 1 is 1.39 bits per heavy atom. The average Bonchev–Trinajstić information content (AvgIpc) is 3.16. The first-order valence-corrected chi connectivity index (χ1v) is 8.98. The summed E-state index contributed by atoms with van der Waals surface area (Å²) >= 11 is 8.92. The Morgan fingerprint density at radius 3 is 2.96 bits per heavy atom. The Balaban J connectivity index is 1.96. The maximum atomic E-state index is 6.08. The third-order valence-corrected chi connectivity index (χ3v) is 5.06. The first kappa shape index (κ1) is 16.2. The Labute approximate surface area is 147 Å². The number of hydrogen-bond donors (Lipinski definition) is 0. The minimum Gasteiger partial charge on any atom is -0.298 e. The predicted molar refractivity (Wildman–Crippen MR) is 94.1 cm³/mol. The molecule has 1 aromatic carbocycles. The van der Waals surface area contributed by atoms with Gasteiger partial charge in [-0.3, -0.25) is 4.57 Å². The van der Waals surface area contributed by atoms with E-state index in [1.807, 2.05) is 41.8 Å². The van der Waals surface area contributed by atoms with Crippen LogP contribution in [0.3, 0.4) is 0 Å². The molecule has 2 aromatic heterocycles. The number of nitrogens with zero attached hydrogens (tertiary/aromatic N) is 5. The SMILES string of the molecule is C=CCn1c(Sc2nc(CC)ns2)nnc1-c1cccc(Cl)c1. The number of rotatable bonds is 6. The van der Waals surface area contributed by atoms with Crippen LogP contribution in [-0.4, -0.2) is 24.1 Å². The van der Waals surface area contributed by atoms with E-state index >= 15 is 0 Å². The van der Waals surface area contributed by atoms with Crippen molar-refractivity contribution in [2.24, 2.45) is 0 Å². The molecule has 0 bridgehead atoms. The lowest BCUT2D eigenvalue weighted by atomic mass is 10.2. The van der Waals surface area contributed by atoms with Gasteiger partial charge in [0.2, 0.25) is 0 Å². The van der Waals surface area contributed by atoms with Crippen LogP contribution in [0.1, 0.15) is 12.7 Å². The summed E-state index contributed by atoms with van der Waals surface area (Å²) in [5.41, 5.74) is 0.921. The van der Waals surface area contributed by atoms with Crippen molar-refractivity contribution in [1.82, 2.24) is 24.1 Å². The molecule has 0 amide bonds. The zero-order valence-electron chi connectivity index (χ0n) is 12.4. The van der Waals surface area contributed by atoms with Crippen molar-refractivity contribution < 1.29 is 0 Å². The molecular weight excluding hydrogens is 350 g/mol. The predicted octanol–water partition coefficient (Wildman–Crippen LogP) is 4.35. The van der Waals surface area contributed by atoms with E-state index in [1.165, 1.54) is 23.3 Å². The molecule has 0 saturated carbocycles. The smallest absolute Gasteiger partial charge is 0.198 e. The summed E-state index contributed by atoms with van der Waals surface area (Å²) in [6.07, 6.45) is 2.64.